The molecule has 10 nitrogen and oxygen atoms in total. The van der Waals surface area contributed by atoms with E-state index in [1.807, 2.05) is 50.3 Å². The third kappa shape index (κ3) is 4.11. The fraction of sp³-hybridized carbons (Fsp3) is 0.583. The first kappa shape index (κ1) is 22.6. The minimum Gasteiger partial charge on any atom is -0.444 e. The molecule has 0 saturated carbocycles. The van der Waals surface area contributed by atoms with Crippen molar-refractivity contribution in [1.82, 2.24) is 29.2 Å². The van der Waals surface area contributed by atoms with Crippen LogP contribution in [0.4, 0.5) is 4.79 Å². The summed E-state index contributed by atoms with van der Waals surface area (Å²) in [6.45, 7) is 9.76. The Kier molecular flexibility index (Phi) is 5.71. The lowest BCUT2D eigenvalue weighted by Crippen LogP contribution is -2.59. The monoisotopic (exact) mass is 468 g/mol. The van der Waals surface area contributed by atoms with E-state index < -0.39 is 17.7 Å². The van der Waals surface area contributed by atoms with Crippen molar-refractivity contribution in [2.45, 2.75) is 51.7 Å². The maximum atomic E-state index is 13.6. The fourth-order valence-electron chi connectivity index (χ4n) is 4.93. The third-order valence-electron chi connectivity index (χ3n) is 6.73. The summed E-state index contributed by atoms with van der Waals surface area (Å²) in [5, 5.41) is 0. The molecule has 0 spiro atoms. The van der Waals surface area contributed by atoms with Gasteiger partial charge in [0.2, 0.25) is 5.91 Å². The Hall–Kier alpha value is -3.14. The van der Waals surface area contributed by atoms with E-state index in [4.69, 9.17) is 14.5 Å². The molecule has 10 heteroatoms. The van der Waals surface area contributed by atoms with Crippen LogP contribution in [0.2, 0.25) is 0 Å². The van der Waals surface area contributed by atoms with Crippen LogP contribution in [0.1, 0.15) is 45.9 Å². The molecule has 182 valence electrons. The average Bonchev–Trinajstić information content (AvgIpc) is 3.44. The highest BCUT2D eigenvalue weighted by molar-refractivity contribution is 5.86. The molecule has 2 saturated heterocycles. The van der Waals surface area contributed by atoms with Crippen molar-refractivity contribution in [3.05, 3.63) is 30.5 Å². The lowest BCUT2D eigenvalue weighted by Gasteiger charge is -2.41. The molecular formula is C24H32N6O4. The summed E-state index contributed by atoms with van der Waals surface area (Å²) in [7, 11) is 0. The maximum absolute atomic E-state index is 13.6. The van der Waals surface area contributed by atoms with Crippen LogP contribution >= 0.6 is 0 Å². The van der Waals surface area contributed by atoms with Crippen molar-refractivity contribution >= 4 is 28.7 Å². The molecule has 3 atom stereocenters. The van der Waals surface area contributed by atoms with E-state index in [0.29, 0.717) is 32.2 Å². The number of ether oxygens (including phenoxy) is 2. The summed E-state index contributed by atoms with van der Waals surface area (Å²) in [6.07, 6.45) is 5.89. The number of likely N-dealkylation sites (tertiary alicyclic amines) is 1. The normalized spacial score (nSPS) is 24.1. The molecule has 0 unspecified atom stereocenters. The zero-order valence-corrected chi connectivity index (χ0v) is 20.2. The largest absolute Gasteiger partial charge is 0.444 e. The first-order valence-electron chi connectivity index (χ1n) is 11.9. The SMILES string of the molecule is C[C@@H]1CCN(C(=O)[C@H]2COCCN2C(=O)OC(C)(C)C)C[C@@H]1c1ncc2cnc3[nH]ccc3n12. The van der Waals surface area contributed by atoms with Crippen LogP contribution in [0.3, 0.4) is 0 Å². The Morgan fingerprint density at radius 1 is 1.21 bits per heavy atom. The molecule has 1 N–H and O–H groups in total. The number of hydrogen-bond acceptors (Lipinski definition) is 6. The lowest BCUT2D eigenvalue weighted by molar-refractivity contribution is -0.144. The highest BCUT2D eigenvalue weighted by Crippen LogP contribution is 2.33. The second-order valence-electron chi connectivity index (χ2n) is 10.3. The van der Waals surface area contributed by atoms with Crippen LogP contribution in [0.25, 0.3) is 16.7 Å². The summed E-state index contributed by atoms with van der Waals surface area (Å²) >= 11 is 0. The van der Waals surface area contributed by atoms with Gasteiger partial charge in [0, 0.05) is 31.7 Å². The van der Waals surface area contributed by atoms with Crippen LogP contribution in [-0.2, 0) is 14.3 Å². The molecule has 3 aromatic rings. The standard InChI is InChI=1S/C24H32N6O4/c1-15-6-8-28(22(31)19-14-33-10-9-29(19)23(32)34-24(2,3)4)13-17(15)21-27-12-16-11-26-20-18(30(16)21)5-7-25-20/h5,7,11-12,15,17,19,25H,6,8-10,13-14H2,1-4H3/t15-,17+,19-/m1/s1. The number of carbonyl (C=O) groups excluding carboxylic acids is 2. The number of fused-ring (bicyclic) bond motifs is 3. The summed E-state index contributed by atoms with van der Waals surface area (Å²) in [6, 6.07) is 1.31. The van der Waals surface area contributed by atoms with Gasteiger partial charge < -0.3 is 19.4 Å². The summed E-state index contributed by atoms with van der Waals surface area (Å²) < 4.78 is 13.3. The average molecular weight is 469 g/mol. The van der Waals surface area contributed by atoms with Crippen molar-refractivity contribution in [2.75, 3.05) is 32.8 Å². The fourth-order valence-corrected chi connectivity index (χ4v) is 4.93. The number of nitrogens with one attached hydrogen (secondary N) is 1. The van der Waals surface area contributed by atoms with Gasteiger partial charge in [0.25, 0.3) is 0 Å². The Labute approximate surface area is 198 Å². The molecule has 2 aliphatic rings. The van der Waals surface area contributed by atoms with Gasteiger partial charge in [-0.2, -0.15) is 0 Å². The molecule has 2 aliphatic heterocycles. The van der Waals surface area contributed by atoms with Crippen LogP contribution in [0.15, 0.2) is 24.7 Å². The first-order valence-corrected chi connectivity index (χ1v) is 11.9. The minimum atomic E-state index is -0.685. The Morgan fingerprint density at radius 3 is 2.79 bits per heavy atom. The smallest absolute Gasteiger partial charge is 0.411 e. The molecule has 5 rings (SSSR count). The molecule has 34 heavy (non-hydrogen) atoms. The lowest BCUT2D eigenvalue weighted by atomic mass is 9.86. The van der Waals surface area contributed by atoms with E-state index in [1.54, 1.807) is 0 Å². The van der Waals surface area contributed by atoms with Crippen LogP contribution in [0, 0.1) is 5.92 Å². The third-order valence-corrected chi connectivity index (χ3v) is 6.73. The number of imidazole rings is 1. The highest BCUT2D eigenvalue weighted by Gasteiger charge is 2.40. The molecule has 0 aromatic carbocycles. The molecule has 5 heterocycles. The number of aromatic amines is 1. The van der Waals surface area contributed by atoms with E-state index >= 15 is 0 Å². The van der Waals surface area contributed by atoms with Gasteiger partial charge in [-0.25, -0.2) is 14.8 Å². The van der Waals surface area contributed by atoms with Crippen molar-refractivity contribution in [1.29, 1.82) is 0 Å². The molecule has 2 fully saturated rings. The van der Waals surface area contributed by atoms with Gasteiger partial charge in [0.15, 0.2) is 5.65 Å². The molecule has 3 aromatic heterocycles. The Bertz CT molecular complexity index is 1210. The van der Waals surface area contributed by atoms with Crippen molar-refractivity contribution in [2.24, 2.45) is 5.92 Å². The van der Waals surface area contributed by atoms with E-state index in [2.05, 4.69) is 21.3 Å². The Morgan fingerprint density at radius 2 is 2.00 bits per heavy atom. The van der Waals surface area contributed by atoms with Gasteiger partial charge in [0.05, 0.1) is 36.6 Å². The molecule has 0 bridgehead atoms. The van der Waals surface area contributed by atoms with Gasteiger partial charge in [0.1, 0.15) is 17.5 Å². The van der Waals surface area contributed by atoms with E-state index in [9.17, 15) is 9.59 Å². The van der Waals surface area contributed by atoms with Crippen molar-refractivity contribution < 1.29 is 19.1 Å². The second kappa shape index (κ2) is 8.57. The first-order chi connectivity index (χ1) is 16.2. The zero-order valence-electron chi connectivity index (χ0n) is 20.2. The van der Waals surface area contributed by atoms with E-state index in [-0.39, 0.29) is 18.4 Å². The van der Waals surface area contributed by atoms with Gasteiger partial charge in [-0.15, -0.1) is 0 Å². The summed E-state index contributed by atoms with van der Waals surface area (Å²) in [5.74, 6) is 1.23. The number of morpholine rings is 1. The topological polar surface area (TPSA) is 105 Å². The Balaban J connectivity index is 1.40. The number of nitrogens with zero attached hydrogens (tertiary/aromatic N) is 5. The number of H-pyrrole nitrogens is 1. The second-order valence-corrected chi connectivity index (χ2v) is 10.3. The van der Waals surface area contributed by atoms with Gasteiger partial charge >= 0.3 is 6.09 Å². The quantitative estimate of drug-likeness (QED) is 0.620. The van der Waals surface area contributed by atoms with Gasteiger partial charge in [-0.1, -0.05) is 6.92 Å². The predicted octanol–water partition coefficient (Wildman–Crippen LogP) is 2.80. The van der Waals surface area contributed by atoms with Crippen molar-refractivity contribution in [3.8, 4) is 0 Å². The van der Waals surface area contributed by atoms with Crippen LogP contribution < -0.4 is 0 Å². The molecule has 0 aliphatic carbocycles. The zero-order chi connectivity index (χ0) is 24.0. The molecule has 2 amide bonds. The van der Waals surface area contributed by atoms with E-state index in [0.717, 1.165) is 28.9 Å². The van der Waals surface area contributed by atoms with E-state index in [1.165, 1.54) is 4.90 Å². The number of carbonyl (C=O) groups is 2. The highest BCUT2D eigenvalue weighted by atomic mass is 16.6. The maximum Gasteiger partial charge on any atom is 0.411 e. The predicted molar refractivity (Wildman–Crippen MR) is 125 cm³/mol. The van der Waals surface area contributed by atoms with Gasteiger partial charge in [-0.3, -0.25) is 14.1 Å². The van der Waals surface area contributed by atoms with Crippen LogP contribution in [0.5, 0.6) is 0 Å². The number of piperidine rings is 1. The van der Waals surface area contributed by atoms with Gasteiger partial charge in [-0.05, 0) is 39.2 Å². The number of amides is 2. The minimum absolute atomic E-state index is 0.0557. The number of aromatic nitrogens is 4. The summed E-state index contributed by atoms with van der Waals surface area (Å²) in [4.78, 5) is 42.2. The molecule has 0 radical (unpaired) electrons. The van der Waals surface area contributed by atoms with Crippen molar-refractivity contribution in [3.63, 3.8) is 0 Å². The number of rotatable bonds is 2. The van der Waals surface area contributed by atoms with Crippen LogP contribution in [-0.4, -0.2) is 85.6 Å². The molecular weight excluding hydrogens is 436 g/mol. The summed E-state index contributed by atoms with van der Waals surface area (Å²) in [5.41, 5.74) is 2.07. The number of hydrogen-bond donors (Lipinski definition) is 1.